The Bertz CT molecular complexity index is 119. The van der Waals surface area contributed by atoms with Crippen LogP contribution in [0.3, 0.4) is 0 Å². The third kappa shape index (κ3) is 5.85. The summed E-state index contributed by atoms with van der Waals surface area (Å²) in [4.78, 5) is 4.08. The molecule has 0 aliphatic heterocycles. The molecule has 3 nitrogen and oxygen atoms in total. The first kappa shape index (κ1) is 10.4. The van der Waals surface area contributed by atoms with Crippen LogP contribution in [0.4, 0.5) is 0 Å². The van der Waals surface area contributed by atoms with Crippen LogP contribution in [0.25, 0.3) is 0 Å². The van der Waals surface area contributed by atoms with Crippen LogP contribution in [0.2, 0.25) is 0 Å². The molecule has 0 spiro atoms. The Morgan fingerprint density at radius 3 is 2.55 bits per heavy atom. The van der Waals surface area contributed by atoms with E-state index in [4.69, 9.17) is 10.5 Å². The molecule has 0 rings (SSSR count). The Labute approximate surface area is 68.6 Å². The lowest BCUT2D eigenvalue weighted by Gasteiger charge is -2.11. The largest absolute Gasteiger partial charge is 0.388 e. The molecule has 0 aliphatic rings. The minimum atomic E-state index is 0.235. The third-order valence-corrected chi connectivity index (χ3v) is 1.40. The van der Waals surface area contributed by atoms with Gasteiger partial charge in [0.25, 0.3) is 0 Å². The molecule has 2 N–H and O–H groups in total. The third-order valence-electron chi connectivity index (χ3n) is 1.40. The van der Waals surface area contributed by atoms with Crippen molar-refractivity contribution in [2.24, 2.45) is 10.7 Å². The summed E-state index contributed by atoms with van der Waals surface area (Å²) in [5.41, 5.74) is 5.39. The summed E-state index contributed by atoms with van der Waals surface area (Å²) in [5, 5.41) is 0. The summed E-state index contributed by atoms with van der Waals surface area (Å²) < 4.78 is 5.38. The summed E-state index contributed by atoms with van der Waals surface area (Å²) in [5.74, 6) is 0.628. The van der Waals surface area contributed by atoms with Gasteiger partial charge in [0.2, 0.25) is 0 Å². The smallest absolute Gasteiger partial charge is 0.0906 e. The van der Waals surface area contributed by atoms with Gasteiger partial charge in [-0.25, -0.2) is 0 Å². The average Bonchev–Trinajstić information content (AvgIpc) is 1.97. The molecule has 0 bridgehead atoms. The molecule has 0 saturated heterocycles. The van der Waals surface area contributed by atoms with E-state index in [1.54, 1.807) is 6.92 Å². The van der Waals surface area contributed by atoms with E-state index >= 15 is 0 Å². The van der Waals surface area contributed by atoms with Crippen LogP contribution >= 0.6 is 0 Å². The number of amidine groups is 1. The molecular formula is C8H18N2O. The lowest BCUT2D eigenvalue weighted by atomic mass is 10.3. The first-order chi connectivity index (χ1) is 5.20. The van der Waals surface area contributed by atoms with Crippen LogP contribution in [-0.2, 0) is 4.74 Å². The highest BCUT2D eigenvalue weighted by atomic mass is 16.5. The zero-order valence-corrected chi connectivity index (χ0v) is 7.63. The lowest BCUT2D eigenvalue weighted by Crippen LogP contribution is -2.18. The van der Waals surface area contributed by atoms with Gasteiger partial charge in [-0.3, -0.25) is 4.99 Å². The summed E-state index contributed by atoms with van der Waals surface area (Å²) in [7, 11) is 0. The van der Waals surface area contributed by atoms with Crippen molar-refractivity contribution in [1.82, 2.24) is 0 Å². The predicted molar refractivity (Wildman–Crippen MR) is 47.9 cm³/mol. The molecule has 66 valence electrons. The van der Waals surface area contributed by atoms with Gasteiger partial charge >= 0.3 is 0 Å². The van der Waals surface area contributed by atoms with Crippen molar-refractivity contribution in [2.75, 3.05) is 13.2 Å². The van der Waals surface area contributed by atoms with E-state index in [-0.39, 0.29) is 6.10 Å². The van der Waals surface area contributed by atoms with Gasteiger partial charge in [-0.2, -0.15) is 0 Å². The number of ether oxygens (including phenoxy) is 1. The van der Waals surface area contributed by atoms with Crippen molar-refractivity contribution in [3.63, 3.8) is 0 Å². The van der Waals surface area contributed by atoms with Crippen molar-refractivity contribution in [1.29, 1.82) is 0 Å². The van der Waals surface area contributed by atoms with Crippen LogP contribution < -0.4 is 5.73 Å². The molecule has 1 unspecified atom stereocenters. The second-order valence-corrected chi connectivity index (χ2v) is 2.47. The van der Waals surface area contributed by atoms with Crippen molar-refractivity contribution in [3.8, 4) is 0 Å². The highest BCUT2D eigenvalue weighted by Crippen LogP contribution is 1.97. The molecule has 0 aromatic carbocycles. The van der Waals surface area contributed by atoms with E-state index in [0.717, 1.165) is 13.0 Å². The lowest BCUT2D eigenvalue weighted by molar-refractivity contribution is 0.0669. The zero-order chi connectivity index (χ0) is 8.69. The number of nitrogens with zero attached hydrogens (tertiary/aromatic N) is 1. The van der Waals surface area contributed by atoms with E-state index < -0.39 is 0 Å². The maximum Gasteiger partial charge on any atom is 0.0906 e. The topological polar surface area (TPSA) is 47.6 Å². The Kier molecular flexibility index (Phi) is 5.84. The maximum atomic E-state index is 5.39. The zero-order valence-electron chi connectivity index (χ0n) is 7.63. The van der Waals surface area contributed by atoms with Crippen molar-refractivity contribution >= 4 is 5.84 Å². The molecule has 1 atom stereocenters. The number of nitrogens with two attached hydrogens (primary N) is 1. The fourth-order valence-corrected chi connectivity index (χ4v) is 0.781. The maximum absolute atomic E-state index is 5.39. The summed E-state index contributed by atoms with van der Waals surface area (Å²) in [6.07, 6.45) is 1.23. The number of rotatable bonds is 5. The Morgan fingerprint density at radius 2 is 2.18 bits per heavy atom. The molecule has 0 aromatic heterocycles. The average molecular weight is 158 g/mol. The number of aliphatic imine (C=N–C) groups is 1. The number of hydrogen-bond donors (Lipinski definition) is 1. The highest BCUT2D eigenvalue weighted by Gasteiger charge is 2.02. The molecule has 0 heterocycles. The summed E-state index contributed by atoms with van der Waals surface area (Å²) in [6, 6.07) is 0. The predicted octanol–water partition coefficient (Wildman–Crippen LogP) is 1.18. The fourth-order valence-electron chi connectivity index (χ4n) is 0.781. The van der Waals surface area contributed by atoms with Crippen LogP contribution in [0.5, 0.6) is 0 Å². The van der Waals surface area contributed by atoms with Crippen LogP contribution in [-0.4, -0.2) is 25.1 Å². The molecule has 0 radical (unpaired) electrons. The fraction of sp³-hybridized carbons (Fsp3) is 0.875. The van der Waals surface area contributed by atoms with Gasteiger partial charge < -0.3 is 10.5 Å². The minimum absolute atomic E-state index is 0.235. The SMILES string of the molecule is CCOC(CC)CN=C(C)N. The quantitative estimate of drug-likeness (QED) is 0.482. The molecule has 3 heteroatoms. The molecule has 0 saturated carbocycles. The van der Waals surface area contributed by atoms with Crippen molar-refractivity contribution < 1.29 is 4.74 Å². The summed E-state index contributed by atoms with van der Waals surface area (Å²) in [6.45, 7) is 7.30. The monoisotopic (exact) mass is 158 g/mol. The normalized spacial score (nSPS) is 15.0. The molecule has 0 aromatic rings. The van der Waals surface area contributed by atoms with Gasteiger partial charge in [-0.1, -0.05) is 6.92 Å². The first-order valence-corrected chi connectivity index (χ1v) is 4.08. The van der Waals surface area contributed by atoms with Crippen LogP contribution in [0, 0.1) is 0 Å². The molecule has 0 aliphatic carbocycles. The standard InChI is InChI=1S/C8H18N2O/c1-4-8(11-5-2)6-10-7(3)9/h8H,4-6H2,1-3H3,(H2,9,10). The van der Waals surface area contributed by atoms with E-state index in [0.29, 0.717) is 12.4 Å². The molecule has 11 heavy (non-hydrogen) atoms. The molecule has 0 amide bonds. The van der Waals surface area contributed by atoms with Crippen LogP contribution in [0.15, 0.2) is 4.99 Å². The van der Waals surface area contributed by atoms with E-state index in [1.165, 1.54) is 0 Å². The van der Waals surface area contributed by atoms with Gasteiger partial charge in [-0.15, -0.1) is 0 Å². The first-order valence-electron chi connectivity index (χ1n) is 4.08. The molecule has 0 fully saturated rings. The molecular weight excluding hydrogens is 140 g/mol. The van der Waals surface area contributed by atoms with Crippen molar-refractivity contribution in [2.45, 2.75) is 33.3 Å². The van der Waals surface area contributed by atoms with Gasteiger partial charge in [0.15, 0.2) is 0 Å². The second-order valence-electron chi connectivity index (χ2n) is 2.47. The minimum Gasteiger partial charge on any atom is -0.388 e. The Hall–Kier alpha value is -0.570. The van der Waals surface area contributed by atoms with E-state index in [2.05, 4.69) is 11.9 Å². The number of hydrogen-bond acceptors (Lipinski definition) is 2. The van der Waals surface area contributed by atoms with Gasteiger partial charge in [0.1, 0.15) is 0 Å². The van der Waals surface area contributed by atoms with Gasteiger partial charge in [0, 0.05) is 6.61 Å². The van der Waals surface area contributed by atoms with E-state index in [9.17, 15) is 0 Å². The van der Waals surface area contributed by atoms with Gasteiger partial charge in [0.05, 0.1) is 18.5 Å². The summed E-state index contributed by atoms with van der Waals surface area (Å²) >= 11 is 0. The van der Waals surface area contributed by atoms with E-state index in [1.807, 2.05) is 6.92 Å². The van der Waals surface area contributed by atoms with Gasteiger partial charge in [-0.05, 0) is 20.3 Å². The highest BCUT2D eigenvalue weighted by molar-refractivity contribution is 5.77. The second kappa shape index (κ2) is 6.16. The van der Waals surface area contributed by atoms with Crippen LogP contribution in [0.1, 0.15) is 27.2 Å². The van der Waals surface area contributed by atoms with Crippen molar-refractivity contribution in [3.05, 3.63) is 0 Å². The Morgan fingerprint density at radius 1 is 1.55 bits per heavy atom. The Balaban J connectivity index is 3.60.